The van der Waals surface area contributed by atoms with E-state index in [9.17, 15) is 13.2 Å². The molecule has 72 valence electrons. The van der Waals surface area contributed by atoms with Gasteiger partial charge in [0.05, 0.1) is 5.92 Å². The van der Waals surface area contributed by atoms with Crippen molar-refractivity contribution < 1.29 is 13.2 Å². The average Bonchev–Trinajstić information content (AvgIpc) is 1.82. The largest absolute Gasteiger partial charge is 0.391 e. The zero-order valence-electron chi connectivity index (χ0n) is 6.44. The summed E-state index contributed by atoms with van der Waals surface area (Å²) < 4.78 is 36.6. The van der Waals surface area contributed by atoms with Crippen LogP contribution < -0.4 is 5.73 Å². The molecule has 1 fully saturated rings. The van der Waals surface area contributed by atoms with Crippen LogP contribution in [-0.4, -0.2) is 17.0 Å². The first-order valence-electron chi connectivity index (χ1n) is 3.86. The molecule has 0 spiro atoms. The SMILES string of the molecule is NC1CC(Br)CC(C(F)(F)F)C1. The molecule has 0 aromatic carbocycles. The molecule has 1 aliphatic carbocycles. The average molecular weight is 246 g/mol. The van der Waals surface area contributed by atoms with E-state index in [0.29, 0.717) is 6.42 Å². The van der Waals surface area contributed by atoms with Crippen molar-refractivity contribution in [3.63, 3.8) is 0 Å². The van der Waals surface area contributed by atoms with Crippen molar-refractivity contribution >= 4 is 15.9 Å². The molecule has 0 aliphatic heterocycles. The van der Waals surface area contributed by atoms with Crippen LogP contribution in [-0.2, 0) is 0 Å². The first-order valence-corrected chi connectivity index (χ1v) is 4.77. The number of halogens is 4. The smallest absolute Gasteiger partial charge is 0.328 e. The van der Waals surface area contributed by atoms with Gasteiger partial charge in [-0.05, 0) is 19.3 Å². The van der Waals surface area contributed by atoms with E-state index >= 15 is 0 Å². The highest BCUT2D eigenvalue weighted by Crippen LogP contribution is 2.39. The Kier molecular flexibility index (Phi) is 3.04. The summed E-state index contributed by atoms with van der Waals surface area (Å²) in [6.07, 6.45) is -3.20. The standard InChI is InChI=1S/C7H11BrF3N/c8-5-1-4(7(9,10)11)2-6(12)3-5/h4-6H,1-3,12H2. The fraction of sp³-hybridized carbons (Fsp3) is 1.00. The molecule has 1 nitrogen and oxygen atoms in total. The number of hydrogen-bond acceptors (Lipinski definition) is 1. The number of hydrogen-bond donors (Lipinski definition) is 1. The van der Waals surface area contributed by atoms with E-state index in [4.69, 9.17) is 5.73 Å². The maximum absolute atomic E-state index is 12.2. The molecule has 0 aromatic heterocycles. The van der Waals surface area contributed by atoms with Crippen LogP contribution in [0.1, 0.15) is 19.3 Å². The predicted molar refractivity (Wildman–Crippen MR) is 44.1 cm³/mol. The Morgan fingerprint density at radius 3 is 2.17 bits per heavy atom. The highest BCUT2D eigenvalue weighted by atomic mass is 79.9. The second-order valence-electron chi connectivity index (χ2n) is 3.30. The molecule has 1 saturated carbocycles. The third-order valence-electron chi connectivity index (χ3n) is 2.15. The molecule has 0 aromatic rings. The molecular weight excluding hydrogens is 235 g/mol. The van der Waals surface area contributed by atoms with Crippen molar-refractivity contribution in [3.8, 4) is 0 Å². The maximum atomic E-state index is 12.2. The van der Waals surface area contributed by atoms with Crippen molar-refractivity contribution in [1.29, 1.82) is 0 Å². The minimum absolute atomic E-state index is 0.0750. The normalized spacial score (nSPS) is 38.2. The molecule has 5 heteroatoms. The van der Waals surface area contributed by atoms with E-state index in [0.717, 1.165) is 0 Å². The van der Waals surface area contributed by atoms with Crippen molar-refractivity contribution in [2.45, 2.75) is 36.3 Å². The molecule has 12 heavy (non-hydrogen) atoms. The van der Waals surface area contributed by atoms with Gasteiger partial charge >= 0.3 is 6.18 Å². The van der Waals surface area contributed by atoms with Crippen LogP contribution >= 0.6 is 15.9 Å². The molecule has 3 unspecified atom stereocenters. The second kappa shape index (κ2) is 3.54. The molecule has 0 heterocycles. The third-order valence-corrected chi connectivity index (χ3v) is 2.90. The van der Waals surface area contributed by atoms with Gasteiger partial charge in [-0.25, -0.2) is 0 Å². The third kappa shape index (κ3) is 2.62. The summed E-state index contributed by atoms with van der Waals surface area (Å²) in [5.41, 5.74) is 5.48. The lowest BCUT2D eigenvalue weighted by atomic mass is 9.86. The molecular formula is C7H11BrF3N. The van der Waals surface area contributed by atoms with Gasteiger partial charge in [0.25, 0.3) is 0 Å². The van der Waals surface area contributed by atoms with Gasteiger partial charge in [-0.2, -0.15) is 13.2 Å². The van der Waals surface area contributed by atoms with E-state index in [-0.39, 0.29) is 23.7 Å². The Morgan fingerprint density at radius 2 is 1.75 bits per heavy atom. The molecule has 1 aliphatic rings. The molecule has 0 bridgehead atoms. The molecule has 0 saturated heterocycles. The van der Waals surface area contributed by atoms with E-state index < -0.39 is 12.1 Å². The van der Waals surface area contributed by atoms with E-state index in [1.54, 1.807) is 0 Å². The van der Waals surface area contributed by atoms with Gasteiger partial charge in [0.15, 0.2) is 0 Å². The zero-order chi connectivity index (χ0) is 9.35. The fourth-order valence-electron chi connectivity index (χ4n) is 1.56. The first kappa shape index (κ1) is 10.3. The summed E-state index contributed by atoms with van der Waals surface area (Å²) in [6, 6.07) is -0.310. The van der Waals surface area contributed by atoms with E-state index in [1.165, 1.54) is 0 Å². The van der Waals surface area contributed by atoms with Crippen LogP contribution in [0.15, 0.2) is 0 Å². The van der Waals surface area contributed by atoms with Crippen LogP contribution in [0.4, 0.5) is 13.2 Å². The van der Waals surface area contributed by atoms with Crippen LogP contribution in [0, 0.1) is 5.92 Å². The van der Waals surface area contributed by atoms with Crippen molar-refractivity contribution in [2.24, 2.45) is 11.7 Å². The first-order chi connectivity index (χ1) is 5.39. The van der Waals surface area contributed by atoms with Crippen LogP contribution in [0.5, 0.6) is 0 Å². The lowest BCUT2D eigenvalue weighted by Crippen LogP contribution is -2.39. The monoisotopic (exact) mass is 245 g/mol. The Bertz CT molecular complexity index is 149. The van der Waals surface area contributed by atoms with Crippen molar-refractivity contribution in [3.05, 3.63) is 0 Å². The van der Waals surface area contributed by atoms with E-state index in [1.807, 2.05) is 0 Å². The minimum Gasteiger partial charge on any atom is -0.328 e. The number of alkyl halides is 4. The lowest BCUT2D eigenvalue weighted by molar-refractivity contribution is -0.182. The number of nitrogens with two attached hydrogens (primary N) is 1. The quantitative estimate of drug-likeness (QED) is 0.652. The Balaban J connectivity index is 2.55. The van der Waals surface area contributed by atoms with Crippen molar-refractivity contribution in [2.75, 3.05) is 0 Å². The topological polar surface area (TPSA) is 26.0 Å². The van der Waals surface area contributed by atoms with Gasteiger partial charge in [0.1, 0.15) is 0 Å². The molecule has 2 N–H and O–H groups in total. The molecule has 0 amide bonds. The van der Waals surface area contributed by atoms with Gasteiger partial charge in [-0.15, -0.1) is 0 Å². The number of rotatable bonds is 0. The predicted octanol–water partition coefficient (Wildman–Crippen LogP) is 2.44. The molecule has 0 radical (unpaired) electrons. The van der Waals surface area contributed by atoms with E-state index in [2.05, 4.69) is 15.9 Å². The van der Waals surface area contributed by atoms with Crippen LogP contribution in [0.25, 0.3) is 0 Å². The second-order valence-corrected chi connectivity index (χ2v) is 4.60. The van der Waals surface area contributed by atoms with Gasteiger partial charge in [0, 0.05) is 10.9 Å². The Morgan fingerprint density at radius 1 is 1.17 bits per heavy atom. The van der Waals surface area contributed by atoms with Gasteiger partial charge in [0.2, 0.25) is 0 Å². The summed E-state index contributed by atoms with van der Waals surface area (Å²) in [4.78, 5) is -0.0760. The van der Waals surface area contributed by atoms with Gasteiger partial charge in [-0.3, -0.25) is 0 Å². The molecule has 3 atom stereocenters. The fourth-order valence-corrected chi connectivity index (χ4v) is 2.49. The van der Waals surface area contributed by atoms with Gasteiger partial charge in [-0.1, -0.05) is 15.9 Å². The van der Waals surface area contributed by atoms with Gasteiger partial charge < -0.3 is 5.73 Å². The summed E-state index contributed by atoms with van der Waals surface area (Å²) in [5.74, 6) is -1.22. The summed E-state index contributed by atoms with van der Waals surface area (Å²) in [5, 5.41) is 0. The minimum atomic E-state index is -4.08. The van der Waals surface area contributed by atoms with Crippen LogP contribution in [0.2, 0.25) is 0 Å². The highest BCUT2D eigenvalue weighted by Gasteiger charge is 2.43. The summed E-state index contributed by atoms with van der Waals surface area (Å²) in [7, 11) is 0. The Hall–Kier alpha value is 0.230. The summed E-state index contributed by atoms with van der Waals surface area (Å²) in [6.45, 7) is 0. The molecule has 1 rings (SSSR count). The van der Waals surface area contributed by atoms with Crippen molar-refractivity contribution in [1.82, 2.24) is 0 Å². The van der Waals surface area contributed by atoms with Crippen LogP contribution in [0.3, 0.4) is 0 Å². The lowest BCUT2D eigenvalue weighted by Gasteiger charge is -2.31. The highest BCUT2D eigenvalue weighted by molar-refractivity contribution is 9.09. The summed E-state index contributed by atoms with van der Waals surface area (Å²) >= 11 is 3.18. The Labute approximate surface area is 77.6 Å². The zero-order valence-corrected chi connectivity index (χ0v) is 8.03. The maximum Gasteiger partial charge on any atom is 0.391 e.